The lowest BCUT2D eigenvalue weighted by molar-refractivity contribution is 0.126. The highest BCUT2D eigenvalue weighted by molar-refractivity contribution is 5.79. The van der Waals surface area contributed by atoms with E-state index in [1.54, 1.807) is 0 Å². The van der Waals surface area contributed by atoms with Crippen LogP contribution in [0.5, 0.6) is 0 Å². The van der Waals surface area contributed by atoms with E-state index in [0.29, 0.717) is 17.8 Å². The first-order valence-corrected chi connectivity index (χ1v) is 9.26. The highest BCUT2D eigenvalue weighted by atomic mass is 16.3. The monoisotopic (exact) mass is 363 g/mol. The van der Waals surface area contributed by atoms with Crippen molar-refractivity contribution in [1.29, 1.82) is 0 Å². The van der Waals surface area contributed by atoms with Crippen molar-refractivity contribution in [3.05, 3.63) is 42.7 Å². The van der Waals surface area contributed by atoms with Crippen LogP contribution in [0.1, 0.15) is 31.4 Å². The third-order valence-corrected chi connectivity index (χ3v) is 5.31. The van der Waals surface area contributed by atoms with Crippen LogP contribution in [0.4, 0.5) is 5.95 Å². The lowest BCUT2D eigenvalue weighted by Crippen LogP contribution is -2.29. The van der Waals surface area contributed by atoms with E-state index in [4.69, 9.17) is 0 Å². The molecule has 1 aliphatic rings. The fourth-order valence-electron chi connectivity index (χ4n) is 3.74. The van der Waals surface area contributed by atoms with Crippen molar-refractivity contribution in [2.45, 2.75) is 44.8 Å². The second-order valence-corrected chi connectivity index (χ2v) is 7.20. The third-order valence-electron chi connectivity index (χ3n) is 5.31. The minimum absolute atomic E-state index is 0.163. The van der Waals surface area contributed by atoms with Gasteiger partial charge in [0.15, 0.2) is 0 Å². The first-order chi connectivity index (χ1) is 13.2. The van der Waals surface area contributed by atoms with Crippen LogP contribution in [0.15, 0.2) is 37.1 Å². The van der Waals surface area contributed by atoms with E-state index in [-0.39, 0.29) is 6.10 Å². The molecule has 27 heavy (non-hydrogen) atoms. The van der Waals surface area contributed by atoms with Crippen LogP contribution >= 0.6 is 0 Å². The summed E-state index contributed by atoms with van der Waals surface area (Å²) in [6.07, 6.45) is 12.8. The quantitative estimate of drug-likeness (QED) is 0.581. The maximum atomic E-state index is 9.64. The van der Waals surface area contributed by atoms with Gasteiger partial charge in [-0.2, -0.15) is 0 Å². The molecule has 5 rings (SSSR count). The number of anilines is 1. The molecule has 0 saturated heterocycles. The molecule has 1 saturated carbocycles. The second-order valence-electron chi connectivity index (χ2n) is 7.20. The minimum Gasteiger partial charge on any atom is -0.393 e. The lowest BCUT2D eigenvalue weighted by atomic mass is 9.93. The topological polar surface area (TPSA) is 92.6 Å². The normalized spacial score (nSPS) is 20.4. The molecule has 0 spiro atoms. The Morgan fingerprint density at radius 2 is 1.89 bits per heavy atom. The number of fused-ring (bicyclic) bond motifs is 2. The Balaban J connectivity index is 1.45. The molecule has 8 heteroatoms. The molecule has 0 aliphatic heterocycles. The Morgan fingerprint density at radius 1 is 1.07 bits per heavy atom. The zero-order valence-corrected chi connectivity index (χ0v) is 15.1. The van der Waals surface area contributed by atoms with Gasteiger partial charge in [0.1, 0.15) is 0 Å². The zero-order chi connectivity index (χ0) is 18.4. The number of hydrogen-bond donors (Lipinski definition) is 2. The fourth-order valence-corrected chi connectivity index (χ4v) is 3.74. The largest absolute Gasteiger partial charge is 0.393 e. The van der Waals surface area contributed by atoms with Gasteiger partial charge >= 0.3 is 0 Å². The van der Waals surface area contributed by atoms with Gasteiger partial charge in [-0.05, 0) is 38.7 Å². The van der Waals surface area contributed by atoms with Crippen LogP contribution in [0.25, 0.3) is 22.4 Å². The molecule has 0 atom stereocenters. The zero-order valence-electron chi connectivity index (χ0n) is 15.1. The Hall–Kier alpha value is -3.00. The highest BCUT2D eigenvalue weighted by Crippen LogP contribution is 2.26. The van der Waals surface area contributed by atoms with Crippen molar-refractivity contribution in [2.75, 3.05) is 5.32 Å². The molecule has 4 aromatic rings. The molecule has 1 fully saturated rings. The molecule has 4 heterocycles. The molecule has 0 bridgehead atoms. The van der Waals surface area contributed by atoms with Gasteiger partial charge in [-0.15, -0.1) is 5.10 Å². The van der Waals surface area contributed by atoms with E-state index in [9.17, 15) is 5.11 Å². The maximum Gasteiger partial charge on any atom is 0.241 e. The van der Waals surface area contributed by atoms with Crippen LogP contribution in [-0.4, -0.2) is 46.2 Å². The van der Waals surface area contributed by atoms with Gasteiger partial charge in [-0.25, -0.2) is 19.5 Å². The van der Waals surface area contributed by atoms with Gasteiger partial charge in [-0.1, -0.05) is 0 Å². The lowest BCUT2D eigenvalue weighted by Gasteiger charge is -2.26. The smallest absolute Gasteiger partial charge is 0.241 e. The van der Waals surface area contributed by atoms with Crippen molar-refractivity contribution < 1.29 is 5.11 Å². The van der Waals surface area contributed by atoms with Gasteiger partial charge < -0.3 is 10.4 Å². The molecule has 138 valence electrons. The summed E-state index contributed by atoms with van der Waals surface area (Å²) in [6.45, 7) is 2.01. The number of hydrogen-bond acceptors (Lipinski definition) is 6. The molecular weight excluding hydrogens is 342 g/mol. The van der Waals surface area contributed by atoms with E-state index >= 15 is 0 Å². The predicted octanol–water partition coefficient (Wildman–Crippen LogP) is 2.46. The second kappa shape index (κ2) is 6.31. The number of aromatic nitrogens is 6. The fraction of sp³-hybridized carbons (Fsp3) is 0.368. The summed E-state index contributed by atoms with van der Waals surface area (Å²) in [5.74, 6) is 1.31. The minimum atomic E-state index is -0.163. The van der Waals surface area contributed by atoms with Crippen LogP contribution in [0, 0.1) is 6.92 Å². The summed E-state index contributed by atoms with van der Waals surface area (Å²) in [6, 6.07) is 2.34. The van der Waals surface area contributed by atoms with Crippen LogP contribution in [-0.2, 0) is 0 Å². The molecule has 0 radical (unpaired) electrons. The molecular formula is C19H21N7O. The Bertz CT molecular complexity index is 1110. The van der Waals surface area contributed by atoms with Crippen molar-refractivity contribution in [1.82, 2.24) is 29.0 Å². The Kier molecular flexibility index (Phi) is 3.78. The number of nitrogens with zero attached hydrogens (tertiary/aromatic N) is 6. The van der Waals surface area contributed by atoms with Gasteiger partial charge in [0, 0.05) is 41.5 Å². The van der Waals surface area contributed by atoms with Gasteiger partial charge in [0.2, 0.25) is 11.7 Å². The molecule has 8 nitrogen and oxygen atoms in total. The summed E-state index contributed by atoms with van der Waals surface area (Å²) < 4.78 is 3.82. The Morgan fingerprint density at radius 3 is 2.74 bits per heavy atom. The predicted molar refractivity (Wildman–Crippen MR) is 102 cm³/mol. The van der Waals surface area contributed by atoms with Gasteiger partial charge in [0.25, 0.3) is 0 Å². The third kappa shape index (κ3) is 2.91. The van der Waals surface area contributed by atoms with Crippen LogP contribution in [0.3, 0.4) is 0 Å². The van der Waals surface area contributed by atoms with E-state index in [2.05, 4.69) is 25.4 Å². The van der Waals surface area contributed by atoms with Crippen LogP contribution < -0.4 is 5.32 Å². The first kappa shape index (κ1) is 16.2. The van der Waals surface area contributed by atoms with E-state index in [0.717, 1.165) is 48.0 Å². The summed E-state index contributed by atoms with van der Waals surface area (Å²) in [5.41, 5.74) is 4.00. The first-order valence-electron chi connectivity index (χ1n) is 9.26. The molecule has 0 aromatic carbocycles. The molecule has 1 aliphatic carbocycles. The van der Waals surface area contributed by atoms with Crippen molar-refractivity contribution in [3.8, 4) is 11.1 Å². The Labute approximate surface area is 155 Å². The molecule has 2 N–H and O–H groups in total. The SMILES string of the molecule is Cc1cnc2ncc(-c3ccn4nc(NC5CCC(O)CC5)ncc34)cn12. The summed E-state index contributed by atoms with van der Waals surface area (Å²) in [4.78, 5) is 13.2. The number of aryl methyl sites for hydroxylation is 1. The average molecular weight is 363 g/mol. The number of nitrogens with one attached hydrogen (secondary N) is 1. The van der Waals surface area contributed by atoms with Crippen molar-refractivity contribution >= 4 is 17.2 Å². The summed E-state index contributed by atoms with van der Waals surface area (Å²) in [7, 11) is 0. The number of aliphatic hydroxyl groups excluding tert-OH is 1. The van der Waals surface area contributed by atoms with Gasteiger partial charge in [0.05, 0.1) is 24.0 Å². The van der Waals surface area contributed by atoms with Crippen molar-refractivity contribution in [2.24, 2.45) is 0 Å². The standard InChI is InChI=1S/C19H21N7O/c1-12-8-21-19-22-9-13(11-25(12)19)16-6-7-26-17(16)10-20-18(24-26)23-14-2-4-15(27)5-3-14/h6-11,14-15,27H,2-5H2,1H3,(H,23,24). The van der Waals surface area contributed by atoms with E-state index in [1.165, 1.54) is 0 Å². The molecule has 0 unspecified atom stereocenters. The van der Waals surface area contributed by atoms with Crippen LogP contribution in [0.2, 0.25) is 0 Å². The van der Waals surface area contributed by atoms with Gasteiger partial charge in [-0.3, -0.25) is 4.40 Å². The van der Waals surface area contributed by atoms with E-state index < -0.39 is 0 Å². The summed E-state index contributed by atoms with van der Waals surface area (Å²) in [5, 5.41) is 17.6. The highest BCUT2D eigenvalue weighted by Gasteiger charge is 2.20. The average Bonchev–Trinajstić information content (AvgIpc) is 3.27. The number of imidazole rings is 1. The summed E-state index contributed by atoms with van der Waals surface area (Å²) >= 11 is 0. The molecule has 4 aromatic heterocycles. The number of rotatable bonds is 3. The number of aliphatic hydroxyl groups is 1. The van der Waals surface area contributed by atoms with Crippen molar-refractivity contribution in [3.63, 3.8) is 0 Å². The molecule has 0 amide bonds. The maximum absolute atomic E-state index is 9.64. The van der Waals surface area contributed by atoms with E-state index in [1.807, 2.05) is 52.9 Å².